The van der Waals surface area contributed by atoms with Gasteiger partial charge < -0.3 is 16.0 Å². The van der Waals surface area contributed by atoms with Gasteiger partial charge in [-0.3, -0.25) is 0 Å². The molecule has 1 aliphatic rings. The molecule has 1 saturated heterocycles. The highest BCUT2D eigenvalue weighted by molar-refractivity contribution is 7.00. The molecule has 1 fully saturated rings. The van der Waals surface area contributed by atoms with Crippen LogP contribution in [0.5, 0.6) is 0 Å². The Morgan fingerprint density at radius 2 is 2.15 bits per heavy atom. The molecular weight excluding hydrogens is 298 g/mol. The zero-order valence-electron chi connectivity index (χ0n) is 10.7. The van der Waals surface area contributed by atoms with Crippen LogP contribution in [-0.4, -0.2) is 38.8 Å². The molecule has 0 aliphatic carbocycles. The van der Waals surface area contributed by atoms with Gasteiger partial charge in [-0.25, -0.2) is 4.79 Å². The van der Waals surface area contributed by atoms with Crippen molar-refractivity contribution < 1.29 is 4.79 Å². The van der Waals surface area contributed by atoms with Gasteiger partial charge in [0.1, 0.15) is 11.0 Å². The highest BCUT2D eigenvalue weighted by Gasteiger charge is 2.22. The molecule has 2 aromatic rings. The Kier molecular flexibility index (Phi) is 3.62. The first-order valence-corrected chi connectivity index (χ1v) is 7.47. The van der Waals surface area contributed by atoms with Crippen LogP contribution in [-0.2, 0) is 0 Å². The number of hydrogen-bond acceptors (Lipinski definition) is 5. The summed E-state index contributed by atoms with van der Waals surface area (Å²) in [6.45, 7) is 1.33. The van der Waals surface area contributed by atoms with Gasteiger partial charge in [-0.2, -0.15) is 8.75 Å². The molecule has 8 heteroatoms. The van der Waals surface area contributed by atoms with Crippen LogP contribution >= 0.6 is 23.3 Å². The summed E-state index contributed by atoms with van der Waals surface area (Å²) in [7, 11) is 0. The minimum atomic E-state index is -0.354. The molecule has 1 aromatic heterocycles. The van der Waals surface area contributed by atoms with Crippen LogP contribution < -0.4 is 11.1 Å². The van der Waals surface area contributed by atoms with Crippen molar-refractivity contribution in [1.82, 2.24) is 13.6 Å². The number of rotatable bonds is 2. The maximum Gasteiger partial charge on any atom is 0.314 e. The summed E-state index contributed by atoms with van der Waals surface area (Å²) < 4.78 is 8.50. The Balaban J connectivity index is 1.76. The summed E-state index contributed by atoms with van der Waals surface area (Å²) in [5.41, 5.74) is 7.76. The van der Waals surface area contributed by atoms with Crippen LogP contribution in [0.25, 0.3) is 11.0 Å². The smallest absolute Gasteiger partial charge is 0.314 e. The summed E-state index contributed by atoms with van der Waals surface area (Å²) in [5.74, 6) is 0. The van der Waals surface area contributed by atoms with Crippen molar-refractivity contribution in [3.63, 3.8) is 0 Å². The van der Waals surface area contributed by atoms with Crippen molar-refractivity contribution in [3.05, 3.63) is 17.2 Å². The predicted molar refractivity (Wildman–Crippen MR) is 80.2 cm³/mol. The van der Waals surface area contributed by atoms with Crippen LogP contribution in [0.2, 0.25) is 5.02 Å². The number of hydrogen-bond donors (Lipinski definition) is 2. The second-order valence-electron chi connectivity index (χ2n) is 4.80. The minimum Gasteiger partial charge on any atom is -0.379 e. The summed E-state index contributed by atoms with van der Waals surface area (Å²) >= 11 is 7.42. The first-order valence-electron chi connectivity index (χ1n) is 6.37. The van der Waals surface area contributed by atoms with E-state index in [-0.39, 0.29) is 12.1 Å². The summed E-state index contributed by atoms with van der Waals surface area (Å²) in [4.78, 5) is 12.8. The number of likely N-dealkylation sites (tertiary alicyclic amines) is 1. The van der Waals surface area contributed by atoms with E-state index in [1.807, 2.05) is 12.1 Å². The number of fused-ring (bicyclic) bond motifs is 1. The van der Waals surface area contributed by atoms with Gasteiger partial charge in [0.05, 0.1) is 22.4 Å². The number of anilines is 1. The molecule has 0 atom stereocenters. The summed E-state index contributed by atoms with van der Waals surface area (Å²) in [6, 6.07) is 3.59. The quantitative estimate of drug-likeness (QED) is 0.891. The van der Waals surface area contributed by atoms with Crippen molar-refractivity contribution in [1.29, 1.82) is 0 Å². The largest absolute Gasteiger partial charge is 0.379 e. The highest BCUT2D eigenvalue weighted by atomic mass is 35.5. The molecule has 0 radical (unpaired) electrons. The average Bonchev–Trinajstić information content (AvgIpc) is 2.91. The summed E-state index contributed by atoms with van der Waals surface area (Å²) in [5, 5.41) is 4.07. The van der Waals surface area contributed by atoms with Gasteiger partial charge in [-0.05, 0) is 25.0 Å². The van der Waals surface area contributed by atoms with E-state index in [0.29, 0.717) is 18.1 Å². The maximum atomic E-state index is 11.1. The third kappa shape index (κ3) is 2.51. The number of halogens is 1. The van der Waals surface area contributed by atoms with E-state index < -0.39 is 0 Å². The number of nitrogens with one attached hydrogen (secondary N) is 1. The third-order valence-electron chi connectivity index (χ3n) is 3.53. The zero-order valence-corrected chi connectivity index (χ0v) is 12.2. The molecule has 1 aromatic carbocycles. The standard InChI is InChI=1S/C12H14ClN5OS/c13-8-1-2-9-11(17-20-16-9)10(8)15-7-3-5-18(6-4-7)12(14)19/h1-2,7,15H,3-6H2,(H2,14,19). The van der Waals surface area contributed by atoms with Gasteiger partial charge in [0.25, 0.3) is 0 Å². The predicted octanol–water partition coefficient (Wildman–Crippen LogP) is 2.30. The number of carbonyl (C=O) groups excluding carboxylic acids is 1. The molecule has 0 unspecified atom stereocenters. The molecule has 3 rings (SSSR count). The fraction of sp³-hybridized carbons (Fsp3) is 0.417. The van der Waals surface area contributed by atoms with Crippen molar-refractivity contribution in [2.24, 2.45) is 5.73 Å². The number of nitrogens with two attached hydrogens (primary N) is 1. The number of carbonyl (C=O) groups is 1. The Morgan fingerprint density at radius 3 is 2.85 bits per heavy atom. The lowest BCUT2D eigenvalue weighted by Crippen LogP contribution is -2.44. The lowest BCUT2D eigenvalue weighted by molar-refractivity contribution is 0.193. The lowest BCUT2D eigenvalue weighted by Gasteiger charge is -2.31. The second-order valence-corrected chi connectivity index (χ2v) is 5.73. The SMILES string of the molecule is NC(=O)N1CCC(Nc2c(Cl)ccc3nsnc23)CC1. The fourth-order valence-electron chi connectivity index (χ4n) is 2.41. The van der Waals surface area contributed by atoms with Crippen LogP contribution in [0.4, 0.5) is 10.5 Å². The van der Waals surface area contributed by atoms with E-state index in [0.717, 1.165) is 29.6 Å². The van der Waals surface area contributed by atoms with Gasteiger partial charge in [-0.15, -0.1) is 0 Å². The van der Waals surface area contributed by atoms with E-state index in [1.54, 1.807) is 4.90 Å². The molecule has 0 bridgehead atoms. The number of benzene rings is 1. The fourth-order valence-corrected chi connectivity index (χ4v) is 3.16. The van der Waals surface area contributed by atoms with E-state index >= 15 is 0 Å². The molecular formula is C12H14ClN5OS. The zero-order chi connectivity index (χ0) is 14.1. The topological polar surface area (TPSA) is 84.1 Å². The summed E-state index contributed by atoms with van der Waals surface area (Å²) in [6.07, 6.45) is 1.68. The second kappa shape index (κ2) is 5.41. The Morgan fingerprint density at radius 1 is 1.40 bits per heavy atom. The monoisotopic (exact) mass is 311 g/mol. The number of primary amides is 1. The van der Waals surface area contributed by atoms with Gasteiger partial charge in [0.15, 0.2) is 0 Å². The van der Waals surface area contributed by atoms with Crippen LogP contribution in [0, 0.1) is 0 Å². The maximum absolute atomic E-state index is 11.1. The Bertz CT molecular complexity index is 638. The molecule has 6 nitrogen and oxygen atoms in total. The minimum absolute atomic E-state index is 0.260. The number of piperidine rings is 1. The van der Waals surface area contributed by atoms with E-state index in [1.165, 1.54) is 11.7 Å². The Hall–Kier alpha value is -1.60. The van der Waals surface area contributed by atoms with Gasteiger partial charge in [-0.1, -0.05) is 11.6 Å². The van der Waals surface area contributed by atoms with Crippen LogP contribution in [0.15, 0.2) is 12.1 Å². The van der Waals surface area contributed by atoms with Crippen LogP contribution in [0.1, 0.15) is 12.8 Å². The number of aromatic nitrogens is 2. The highest BCUT2D eigenvalue weighted by Crippen LogP contribution is 2.31. The molecule has 0 spiro atoms. The molecule has 1 aliphatic heterocycles. The van der Waals surface area contributed by atoms with Crippen molar-refractivity contribution in [3.8, 4) is 0 Å². The molecule has 20 heavy (non-hydrogen) atoms. The molecule has 0 saturated carbocycles. The Labute approximate surface area is 125 Å². The van der Waals surface area contributed by atoms with Gasteiger partial charge in [0, 0.05) is 19.1 Å². The number of urea groups is 1. The van der Waals surface area contributed by atoms with E-state index in [4.69, 9.17) is 17.3 Å². The number of nitrogens with zero attached hydrogens (tertiary/aromatic N) is 3. The van der Waals surface area contributed by atoms with Crippen molar-refractivity contribution in [2.45, 2.75) is 18.9 Å². The van der Waals surface area contributed by atoms with Crippen molar-refractivity contribution in [2.75, 3.05) is 18.4 Å². The lowest BCUT2D eigenvalue weighted by atomic mass is 10.0. The number of amides is 2. The first-order chi connectivity index (χ1) is 9.65. The average molecular weight is 312 g/mol. The van der Waals surface area contributed by atoms with Gasteiger partial charge in [0.2, 0.25) is 0 Å². The molecule has 3 N–H and O–H groups in total. The van der Waals surface area contributed by atoms with E-state index in [9.17, 15) is 4.79 Å². The molecule has 2 heterocycles. The van der Waals surface area contributed by atoms with Crippen LogP contribution in [0.3, 0.4) is 0 Å². The normalized spacial score (nSPS) is 16.6. The third-order valence-corrected chi connectivity index (χ3v) is 4.39. The molecule has 2 amide bonds. The van der Waals surface area contributed by atoms with E-state index in [2.05, 4.69) is 14.1 Å². The van der Waals surface area contributed by atoms with Crippen molar-refractivity contribution >= 4 is 46.1 Å². The van der Waals surface area contributed by atoms with Gasteiger partial charge >= 0.3 is 6.03 Å². The first kappa shape index (κ1) is 13.4. The molecule has 106 valence electrons.